The fourth-order valence-electron chi connectivity index (χ4n) is 7.43. The van der Waals surface area contributed by atoms with E-state index in [9.17, 15) is 10.2 Å². The molecule has 6 heteroatoms. The number of aromatic hydroxyl groups is 1. The van der Waals surface area contributed by atoms with E-state index in [1.807, 2.05) is 12.1 Å². The van der Waals surface area contributed by atoms with E-state index >= 15 is 0 Å². The van der Waals surface area contributed by atoms with E-state index in [4.69, 9.17) is 19.9 Å². The molecule has 2 saturated carbocycles. The quantitative estimate of drug-likeness (QED) is 0.424. The maximum atomic E-state index is 11.0. The molecule has 6 atom stereocenters. The van der Waals surface area contributed by atoms with E-state index in [-0.39, 0.29) is 11.5 Å². The van der Waals surface area contributed by atoms with Crippen LogP contribution in [0.3, 0.4) is 0 Å². The predicted molar refractivity (Wildman–Crippen MR) is 139 cm³/mol. The lowest BCUT2D eigenvalue weighted by Crippen LogP contribution is -2.47. The summed E-state index contributed by atoms with van der Waals surface area (Å²) in [4.78, 5) is 0. The van der Waals surface area contributed by atoms with Crippen LogP contribution < -0.4 is 10.5 Å². The van der Waals surface area contributed by atoms with Crippen LogP contribution in [-0.2, 0) is 15.9 Å². The third-order valence-electron chi connectivity index (χ3n) is 9.10. The zero-order valence-electron chi connectivity index (χ0n) is 21.4. The van der Waals surface area contributed by atoms with Gasteiger partial charge in [-0.3, -0.25) is 0 Å². The highest BCUT2D eigenvalue weighted by Crippen LogP contribution is 2.65. The highest BCUT2D eigenvalue weighted by Gasteiger charge is 2.57. The van der Waals surface area contributed by atoms with E-state index in [0.29, 0.717) is 69.0 Å². The molecule has 4 N–H and O–H groups in total. The topological polar surface area (TPSA) is 94.2 Å². The zero-order chi connectivity index (χ0) is 25.1. The second kappa shape index (κ2) is 11.1. The van der Waals surface area contributed by atoms with E-state index in [1.165, 1.54) is 16.7 Å². The van der Waals surface area contributed by atoms with E-state index in [0.717, 1.165) is 37.9 Å². The van der Waals surface area contributed by atoms with Crippen molar-refractivity contribution in [2.75, 3.05) is 39.6 Å². The molecular formula is C30H41NO5. The van der Waals surface area contributed by atoms with Crippen LogP contribution in [0.2, 0.25) is 0 Å². The average Bonchev–Trinajstić information content (AvgIpc) is 3.19. The summed E-state index contributed by atoms with van der Waals surface area (Å²) in [6.07, 6.45) is 4.92. The van der Waals surface area contributed by atoms with Crippen molar-refractivity contribution in [2.24, 2.45) is 23.0 Å². The number of ether oxygens (including phenoxy) is 3. The van der Waals surface area contributed by atoms with E-state index < -0.39 is 0 Å². The van der Waals surface area contributed by atoms with Crippen LogP contribution in [-0.4, -0.2) is 55.9 Å². The monoisotopic (exact) mass is 495 g/mol. The predicted octanol–water partition coefficient (Wildman–Crippen LogP) is 4.37. The van der Waals surface area contributed by atoms with Crippen molar-refractivity contribution in [2.45, 2.75) is 57.0 Å². The Kier molecular flexibility index (Phi) is 7.87. The Bertz CT molecular complexity index is 1010. The number of hydrogen-bond acceptors (Lipinski definition) is 6. The lowest BCUT2D eigenvalue weighted by molar-refractivity contribution is -0.0323. The molecule has 0 radical (unpaired) electrons. The van der Waals surface area contributed by atoms with Crippen molar-refractivity contribution in [3.05, 3.63) is 59.2 Å². The number of fused-ring (bicyclic) bond motifs is 5. The van der Waals surface area contributed by atoms with Gasteiger partial charge in [0.25, 0.3) is 0 Å². The summed E-state index contributed by atoms with van der Waals surface area (Å²) < 4.78 is 16.8. The smallest absolute Gasteiger partial charge is 0.119 e. The van der Waals surface area contributed by atoms with Gasteiger partial charge in [-0.05, 0) is 102 Å². The number of phenolic OH excluding ortho intramolecular Hbond substituents is 1. The van der Waals surface area contributed by atoms with Gasteiger partial charge >= 0.3 is 0 Å². The molecule has 3 aliphatic carbocycles. The van der Waals surface area contributed by atoms with Gasteiger partial charge in [-0.25, -0.2) is 0 Å². The lowest BCUT2D eigenvalue weighted by Gasteiger charge is -2.54. The molecule has 5 rings (SSSR count). The van der Waals surface area contributed by atoms with Gasteiger partial charge < -0.3 is 30.2 Å². The number of benzene rings is 2. The summed E-state index contributed by atoms with van der Waals surface area (Å²) in [5, 5.41) is 21.1. The lowest BCUT2D eigenvalue weighted by atomic mass is 9.51. The number of nitrogens with two attached hydrogens (primary N) is 1. The van der Waals surface area contributed by atoms with Crippen LogP contribution in [0.25, 0.3) is 0 Å². The SMILES string of the molecule is C[C@]12C[C@H](c3ccc(OCCOCCOCCN)cc3)[C@@H]3c4ccc(O)cc4CC[C@H]3[C@@H]1CC[C@@H]2O. The Morgan fingerprint density at radius 2 is 1.69 bits per heavy atom. The molecule has 2 aromatic carbocycles. The van der Waals surface area contributed by atoms with Crippen molar-refractivity contribution in [1.29, 1.82) is 0 Å². The molecule has 0 heterocycles. The first kappa shape index (κ1) is 25.5. The fraction of sp³-hybridized carbons (Fsp3) is 0.600. The zero-order valence-corrected chi connectivity index (χ0v) is 21.4. The number of hydrogen-bond donors (Lipinski definition) is 3. The molecule has 36 heavy (non-hydrogen) atoms. The maximum Gasteiger partial charge on any atom is 0.119 e. The van der Waals surface area contributed by atoms with Gasteiger partial charge in [0.1, 0.15) is 18.1 Å². The molecule has 0 spiro atoms. The Hall–Kier alpha value is -2.12. The normalized spacial score (nSPS) is 30.9. The molecular weight excluding hydrogens is 454 g/mol. The molecule has 0 aromatic heterocycles. The molecule has 0 aliphatic heterocycles. The Balaban J connectivity index is 1.30. The summed E-state index contributed by atoms with van der Waals surface area (Å²) >= 11 is 0. The first-order valence-electron chi connectivity index (χ1n) is 13.6. The minimum absolute atomic E-state index is 0.0410. The number of phenols is 1. The maximum absolute atomic E-state index is 11.0. The van der Waals surface area contributed by atoms with Crippen LogP contribution in [0.1, 0.15) is 61.1 Å². The van der Waals surface area contributed by atoms with Crippen molar-refractivity contribution >= 4 is 0 Å². The highest BCUT2D eigenvalue weighted by molar-refractivity contribution is 5.43. The molecule has 2 aromatic rings. The third kappa shape index (κ3) is 5.01. The summed E-state index contributed by atoms with van der Waals surface area (Å²) in [5.41, 5.74) is 9.35. The minimum Gasteiger partial charge on any atom is -0.508 e. The summed E-state index contributed by atoms with van der Waals surface area (Å²) in [7, 11) is 0. The second-order valence-electron chi connectivity index (χ2n) is 11.1. The van der Waals surface area contributed by atoms with Gasteiger partial charge in [-0.1, -0.05) is 25.1 Å². The van der Waals surface area contributed by atoms with Gasteiger partial charge in [0.2, 0.25) is 0 Å². The minimum atomic E-state index is -0.226. The summed E-state index contributed by atoms with van der Waals surface area (Å²) in [5.74, 6) is 3.06. The number of rotatable bonds is 10. The molecule has 196 valence electrons. The van der Waals surface area contributed by atoms with E-state index in [1.54, 1.807) is 0 Å². The van der Waals surface area contributed by atoms with Crippen LogP contribution in [0, 0.1) is 17.3 Å². The van der Waals surface area contributed by atoms with Crippen LogP contribution in [0.5, 0.6) is 11.5 Å². The van der Waals surface area contributed by atoms with Gasteiger partial charge in [-0.15, -0.1) is 0 Å². The van der Waals surface area contributed by atoms with Crippen molar-refractivity contribution < 1.29 is 24.4 Å². The highest BCUT2D eigenvalue weighted by atomic mass is 16.5. The van der Waals surface area contributed by atoms with Crippen LogP contribution >= 0.6 is 0 Å². The molecule has 3 aliphatic rings. The van der Waals surface area contributed by atoms with Gasteiger partial charge in [-0.2, -0.15) is 0 Å². The van der Waals surface area contributed by atoms with Crippen molar-refractivity contribution in [3.63, 3.8) is 0 Å². The van der Waals surface area contributed by atoms with Gasteiger partial charge in [0.15, 0.2) is 0 Å². The van der Waals surface area contributed by atoms with Crippen molar-refractivity contribution in [3.8, 4) is 11.5 Å². The number of aliphatic hydroxyl groups is 1. The van der Waals surface area contributed by atoms with Crippen LogP contribution in [0.4, 0.5) is 0 Å². The van der Waals surface area contributed by atoms with E-state index in [2.05, 4.69) is 37.3 Å². The Labute approximate surface area is 214 Å². The Morgan fingerprint density at radius 1 is 0.944 bits per heavy atom. The molecule has 2 fully saturated rings. The molecule has 0 saturated heterocycles. The first-order valence-corrected chi connectivity index (χ1v) is 13.6. The largest absolute Gasteiger partial charge is 0.508 e. The van der Waals surface area contributed by atoms with Crippen molar-refractivity contribution in [1.82, 2.24) is 0 Å². The fourth-order valence-corrected chi connectivity index (χ4v) is 7.43. The molecule has 0 amide bonds. The molecule has 0 bridgehead atoms. The first-order chi connectivity index (χ1) is 17.5. The molecule has 6 nitrogen and oxygen atoms in total. The van der Waals surface area contributed by atoms with Crippen LogP contribution in [0.15, 0.2) is 42.5 Å². The molecule has 0 unspecified atom stereocenters. The second-order valence-corrected chi connectivity index (χ2v) is 11.1. The number of aryl methyl sites for hydroxylation is 1. The third-order valence-corrected chi connectivity index (χ3v) is 9.10. The standard InChI is InChI=1S/C30H41NO5/c1-30-19-26(20-2-6-23(7-3-20)36-17-16-35-15-14-34-13-12-31)29-24-9-5-22(32)18-21(24)4-8-25(29)27(30)10-11-28(30)33/h2-3,5-7,9,18,25-29,32-33H,4,8,10-17,19,31H2,1H3/t25-,26+,27-,28-,29+,30-/m0/s1. The number of aliphatic hydroxyl groups excluding tert-OH is 1. The van der Waals surface area contributed by atoms with Gasteiger partial charge in [0.05, 0.1) is 32.5 Å². The Morgan fingerprint density at radius 3 is 2.47 bits per heavy atom. The van der Waals surface area contributed by atoms with Gasteiger partial charge in [0, 0.05) is 6.54 Å². The summed E-state index contributed by atoms with van der Waals surface area (Å²) in [6.45, 7) is 5.50. The average molecular weight is 496 g/mol. The summed E-state index contributed by atoms with van der Waals surface area (Å²) in [6, 6.07) is 14.5.